The Morgan fingerprint density at radius 2 is 1.77 bits per heavy atom. The lowest BCUT2D eigenvalue weighted by Gasteiger charge is -2.37. The van der Waals surface area contributed by atoms with Gasteiger partial charge in [-0.1, -0.05) is 48.5 Å². The number of benzene rings is 2. The van der Waals surface area contributed by atoms with E-state index in [-0.39, 0.29) is 6.23 Å². The van der Waals surface area contributed by atoms with Crippen LogP contribution in [0.1, 0.15) is 18.1 Å². The van der Waals surface area contributed by atoms with Crippen molar-refractivity contribution in [2.75, 3.05) is 13.6 Å². The van der Waals surface area contributed by atoms with E-state index in [9.17, 15) is 0 Å². The van der Waals surface area contributed by atoms with Gasteiger partial charge in [0.25, 0.3) is 6.23 Å². The van der Waals surface area contributed by atoms with E-state index in [1.807, 2.05) is 36.4 Å². The van der Waals surface area contributed by atoms with Crippen molar-refractivity contribution < 1.29 is 14.2 Å². The molecule has 2 aromatic carbocycles. The van der Waals surface area contributed by atoms with E-state index in [0.717, 1.165) is 17.9 Å². The monoisotopic (exact) mass is 296 g/mol. The van der Waals surface area contributed by atoms with E-state index < -0.39 is 0 Å². The highest BCUT2D eigenvalue weighted by atomic mass is 16.7. The van der Waals surface area contributed by atoms with Crippen molar-refractivity contribution in [1.82, 2.24) is 0 Å². The van der Waals surface area contributed by atoms with Gasteiger partial charge in [-0.25, -0.2) is 0 Å². The van der Waals surface area contributed by atoms with Crippen molar-refractivity contribution in [3.63, 3.8) is 0 Å². The zero-order valence-electron chi connectivity index (χ0n) is 13.1. The number of rotatable bonds is 5. The van der Waals surface area contributed by atoms with Crippen LogP contribution in [0.4, 0.5) is 0 Å². The Labute approximate surface area is 131 Å². The lowest BCUT2D eigenvalue weighted by molar-refractivity contribution is -1.12. The molecule has 0 spiro atoms. The molecule has 0 saturated carbocycles. The summed E-state index contributed by atoms with van der Waals surface area (Å²) in [5.74, 6) is 0.913. The first-order valence-electron chi connectivity index (χ1n) is 7.69. The van der Waals surface area contributed by atoms with E-state index in [0.29, 0.717) is 11.3 Å². The Kier molecular flexibility index (Phi) is 4.27. The first-order chi connectivity index (χ1) is 10.7. The number of quaternary nitrogens is 1. The van der Waals surface area contributed by atoms with Gasteiger partial charge in [-0.05, 0) is 24.6 Å². The van der Waals surface area contributed by atoms with Gasteiger partial charge >= 0.3 is 0 Å². The number of fused-ring (bicyclic) bond motifs is 1. The minimum Gasteiger partial charge on any atom is -0.436 e. The van der Waals surface area contributed by atoms with Crippen LogP contribution in [-0.2, 0) is 11.4 Å². The number of likely N-dealkylation sites (N-methyl/N-ethyl adjacent to an activating group) is 1. The molecule has 0 N–H and O–H groups in total. The lowest BCUT2D eigenvalue weighted by Crippen LogP contribution is -2.54. The Hall–Kier alpha value is -2.10. The second-order valence-corrected chi connectivity index (χ2v) is 5.65. The topological polar surface area (TPSA) is 18.5 Å². The van der Waals surface area contributed by atoms with Crippen molar-refractivity contribution in [1.29, 1.82) is 0 Å². The summed E-state index contributed by atoms with van der Waals surface area (Å²) in [5, 5.41) is 0. The SMILES string of the molecule is CC[N+](C)(OCc1ccccc1)C1C=Cc2ccccc2O1. The van der Waals surface area contributed by atoms with E-state index in [2.05, 4.69) is 44.3 Å². The van der Waals surface area contributed by atoms with Crippen molar-refractivity contribution in [3.8, 4) is 5.75 Å². The maximum Gasteiger partial charge on any atom is 0.282 e. The summed E-state index contributed by atoms with van der Waals surface area (Å²) in [6.45, 7) is 3.51. The number of hydroxylamine groups is 3. The second kappa shape index (κ2) is 6.34. The van der Waals surface area contributed by atoms with Gasteiger partial charge in [-0.2, -0.15) is 4.84 Å². The fourth-order valence-electron chi connectivity index (χ4n) is 2.52. The summed E-state index contributed by atoms with van der Waals surface area (Å²) < 4.78 is 6.53. The average Bonchev–Trinajstić information content (AvgIpc) is 2.60. The first-order valence-corrected chi connectivity index (χ1v) is 7.69. The largest absolute Gasteiger partial charge is 0.436 e. The standard InChI is InChI=1S/C19H22NO2/c1-3-20(2,21-15-16-9-5-4-6-10-16)19-14-13-17-11-7-8-12-18(17)22-19/h4-14,19H,3,15H2,1-2H3/q+1. The lowest BCUT2D eigenvalue weighted by atomic mass is 10.1. The van der Waals surface area contributed by atoms with Crippen LogP contribution in [0.5, 0.6) is 5.75 Å². The highest BCUT2D eigenvalue weighted by molar-refractivity contribution is 5.59. The zero-order chi connectivity index (χ0) is 15.4. The molecule has 0 aromatic heterocycles. The molecule has 2 unspecified atom stereocenters. The van der Waals surface area contributed by atoms with Crippen LogP contribution in [0.2, 0.25) is 0 Å². The van der Waals surface area contributed by atoms with E-state index in [1.165, 1.54) is 5.56 Å². The van der Waals surface area contributed by atoms with Crippen molar-refractivity contribution in [3.05, 3.63) is 71.8 Å². The number of ether oxygens (including phenoxy) is 1. The minimum atomic E-state index is -0.136. The average molecular weight is 296 g/mol. The predicted octanol–water partition coefficient (Wildman–Crippen LogP) is 4.02. The highest BCUT2D eigenvalue weighted by Crippen LogP contribution is 2.29. The van der Waals surface area contributed by atoms with E-state index >= 15 is 0 Å². The molecule has 0 aliphatic carbocycles. The summed E-state index contributed by atoms with van der Waals surface area (Å²) in [6, 6.07) is 18.3. The Morgan fingerprint density at radius 1 is 1.05 bits per heavy atom. The Morgan fingerprint density at radius 3 is 2.55 bits per heavy atom. The van der Waals surface area contributed by atoms with Gasteiger partial charge in [-0.3, -0.25) is 0 Å². The summed E-state index contributed by atoms with van der Waals surface area (Å²) in [7, 11) is 2.06. The normalized spacial score (nSPS) is 19.1. The molecule has 2 atom stereocenters. The molecular weight excluding hydrogens is 274 g/mol. The third kappa shape index (κ3) is 3.06. The van der Waals surface area contributed by atoms with Gasteiger partial charge in [0.15, 0.2) is 0 Å². The predicted molar refractivity (Wildman–Crippen MR) is 87.8 cm³/mol. The quantitative estimate of drug-likeness (QED) is 0.613. The fourth-order valence-corrected chi connectivity index (χ4v) is 2.52. The molecule has 0 radical (unpaired) electrons. The third-order valence-corrected chi connectivity index (χ3v) is 4.14. The maximum absolute atomic E-state index is 6.18. The van der Waals surface area contributed by atoms with Gasteiger partial charge in [0.2, 0.25) is 0 Å². The molecule has 2 aromatic rings. The van der Waals surface area contributed by atoms with E-state index in [1.54, 1.807) is 0 Å². The molecule has 0 bridgehead atoms. The molecule has 3 heteroatoms. The van der Waals surface area contributed by atoms with Gasteiger partial charge in [-0.15, -0.1) is 4.65 Å². The first kappa shape index (κ1) is 14.8. The smallest absolute Gasteiger partial charge is 0.282 e. The molecule has 3 rings (SSSR count). The molecule has 1 aliphatic heterocycles. The molecule has 0 amide bonds. The summed E-state index contributed by atoms with van der Waals surface area (Å²) >= 11 is 0. The molecular formula is C19H22NO2+. The van der Waals surface area contributed by atoms with Crippen molar-refractivity contribution >= 4 is 6.08 Å². The van der Waals surface area contributed by atoms with Crippen LogP contribution < -0.4 is 4.74 Å². The number of hydrogen-bond acceptors (Lipinski definition) is 2. The highest BCUT2D eigenvalue weighted by Gasteiger charge is 2.35. The van der Waals surface area contributed by atoms with Crippen molar-refractivity contribution in [2.45, 2.75) is 19.8 Å². The minimum absolute atomic E-state index is 0.136. The zero-order valence-corrected chi connectivity index (χ0v) is 13.1. The van der Waals surface area contributed by atoms with Crippen LogP contribution in [0.15, 0.2) is 60.7 Å². The number of nitrogens with zero attached hydrogens (tertiary/aromatic N) is 1. The van der Waals surface area contributed by atoms with Crippen molar-refractivity contribution in [2.24, 2.45) is 0 Å². The number of hydrogen-bond donors (Lipinski definition) is 0. The van der Waals surface area contributed by atoms with Gasteiger partial charge < -0.3 is 4.74 Å². The van der Waals surface area contributed by atoms with Gasteiger partial charge in [0.05, 0.1) is 0 Å². The fraction of sp³-hybridized carbons (Fsp3) is 0.263. The van der Waals surface area contributed by atoms with Crippen LogP contribution >= 0.6 is 0 Å². The summed E-state index contributed by atoms with van der Waals surface area (Å²) in [6.07, 6.45) is 4.06. The second-order valence-electron chi connectivity index (χ2n) is 5.65. The number of para-hydroxylation sites is 1. The molecule has 3 nitrogen and oxygen atoms in total. The molecule has 114 valence electrons. The van der Waals surface area contributed by atoms with Crippen LogP contribution in [0.3, 0.4) is 0 Å². The molecule has 1 heterocycles. The van der Waals surface area contributed by atoms with E-state index in [4.69, 9.17) is 9.57 Å². The third-order valence-electron chi connectivity index (χ3n) is 4.14. The summed E-state index contributed by atoms with van der Waals surface area (Å²) in [4.78, 5) is 6.18. The molecule has 1 aliphatic rings. The molecule has 22 heavy (non-hydrogen) atoms. The molecule has 0 saturated heterocycles. The van der Waals surface area contributed by atoms with Crippen LogP contribution in [0, 0.1) is 0 Å². The maximum atomic E-state index is 6.18. The Bertz CT molecular complexity index is 653. The van der Waals surface area contributed by atoms with Crippen LogP contribution in [-0.4, -0.2) is 24.5 Å². The van der Waals surface area contributed by atoms with Gasteiger partial charge in [0, 0.05) is 11.6 Å². The van der Waals surface area contributed by atoms with Crippen LogP contribution in [0.25, 0.3) is 6.08 Å². The molecule has 0 fully saturated rings. The summed E-state index contributed by atoms with van der Waals surface area (Å²) in [5.41, 5.74) is 2.28. The van der Waals surface area contributed by atoms with Gasteiger partial charge in [0.1, 0.15) is 25.9 Å². The Balaban J connectivity index is 1.73.